The van der Waals surface area contributed by atoms with Crippen molar-refractivity contribution in [3.8, 4) is 0 Å². The van der Waals surface area contributed by atoms with Gasteiger partial charge in [0.25, 0.3) is 0 Å². The van der Waals surface area contributed by atoms with Crippen molar-refractivity contribution in [2.45, 2.75) is 32.5 Å². The zero-order valence-corrected chi connectivity index (χ0v) is 9.62. The highest BCUT2D eigenvalue weighted by Crippen LogP contribution is 2.31. The molecule has 0 fully saturated rings. The number of fused-ring (bicyclic) bond motifs is 1. The molecule has 0 amide bonds. The SMILES string of the molecule is CCC(C)n1cnc2ccc(C(F)(F)F)cc21. The Bertz CT molecular complexity index is 528. The van der Waals surface area contributed by atoms with Crippen LogP contribution in [0.15, 0.2) is 24.5 Å². The first-order chi connectivity index (χ1) is 7.93. The Hall–Kier alpha value is -1.52. The smallest absolute Gasteiger partial charge is 0.328 e. The molecule has 17 heavy (non-hydrogen) atoms. The van der Waals surface area contributed by atoms with Gasteiger partial charge in [0.1, 0.15) is 0 Å². The second kappa shape index (κ2) is 4.05. The molecule has 1 heterocycles. The predicted octanol–water partition coefficient (Wildman–Crippen LogP) is 4.03. The summed E-state index contributed by atoms with van der Waals surface area (Å²) in [4.78, 5) is 4.11. The van der Waals surface area contributed by atoms with Crippen LogP contribution in [0, 0.1) is 0 Å². The third-order valence-electron chi connectivity index (χ3n) is 2.97. The molecule has 2 aromatic rings. The minimum atomic E-state index is -4.31. The number of hydrogen-bond donors (Lipinski definition) is 0. The molecule has 2 rings (SSSR count). The summed E-state index contributed by atoms with van der Waals surface area (Å²) in [6.07, 6.45) is -1.86. The zero-order valence-electron chi connectivity index (χ0n) is 9.62. The molecule has 0 spiro atoms. The van der Waals surface area contributed by atoms with Crippen molar-refractivity contribution in [1.82, 2.24) is 9.55 Å². The third-order valence-corrected chi connectivity index (χ3v) is 2.97. The Morgan fingerprint density at radius 1 is 1.35 bits per heavy atom. The molecule has 0 aliphatic rings. The quantitative estimate of drug-likeness (QED) is 0.777. The maximum absolute atomic E-state index is 12.6. The van der Waals surface area contributed by atoms with E-state index in [2.05, 4.69) is 4.98 Å². The summed E-state index contributed by atoms with van der Waals surface area (Å²) in [7, 11) is 0. The van der Waals surface area contributed by atoms with E-state index < -0.39 is 11.7 Å². The second-order valence-electron chi connectivity index (χ2n) is 4.11. The topological polar surface area (TPSA) is 17.8 Å². The minimum absolute atomic E-state index is 0.142. The first-order valence-electron chi connectivity index (χ1n) is 5.47. The third kappa shape index (κ3) is 2.14. The summed E-state index contributed by atoms with van der Waals surface area (Å²) in [6, 6.07) is 3.78. The van der Waals surface area contributed by atoms with Gasteiger partial charge in [0.05, 0.1) is 22.9 Å². The average molecular weight is 242 g/mol. The van der Waals surface area contributed by atoms with E-state index in [1.807, 2.05) is 13.8 Å². The molecule has 0 radical (unpaired) electrons. The summed E-state index contributed by atoms with van der Waals surface area (Å²) in [6.45, 7) is 3.95. The van der Waals surface area contributed by atoms with Crippen LogP contribution in [0.4, 0.5) is 13.2 Å². The maximum atomic E-state index is 12.6. The van der Waals surface area contributed by atoms with Gasteiger partial charge in [0.2, 0.25) is 0 Å². The van der Waals surface area contributed by atoms with Crippen molar-refractivity contribution in [1.29, 1.82) is 0 Å². The highest BCUT2D eigenvalue weighted by molar-refractivity contribution is 5.76. The van der Waals surface area contributed by atoms with Gasteiger partial charge in [-0.05, 0) is 31.5 Å². The molecule has 5 heteroatoms. The fourth-order valence-electron chi connectivity index (χ4n) is 1.75. The molecule has 0 N–H and O–H groups in total. The van der Waals surface area contributed by atoms with Crippen molar-refractivity contribution in [2.24, 2.45) is 0 Å². The highest BCUT2D eigenvalue weighted by atomic mass is 19.4. The molecule has 0 saturated heterocycles. The molecule has 1 atom stereocenters. The maximum Gasteiger partial charge on any atom is 0.416 e. The van der Waals surface area contributed by atoms with E-state index in [1.54, 1.807) is 10.9 Å². The number of nitrogens with zero attached hydrogens (tertiary/aromatic N) is 2. The number of aromatic nitrogens is 2. The zero-order chi connectivity index (χ0) is 12.6. The summed E-state index contributed by atoms with van der Waals surface area (Å²) in [5.74, 6) is 0. The normalized spacial score (nSPS) is 14.2. The van der Waals surface area contributed by atoms with Gasteiger partial charge in [-0.3, -0.25) is 0 Å². The summed E-state index contributed by atoms with van der Waals surface area (Å²) >= 11 is 0. The lowest BCUT2D eigenvalue weighted by atomic mass is 10.2. The molecule has 0 saturated carbocycles. The fourth-order valence-corrected chi connectivity index (χ4v) is 1.75. The largest absolute Gasteiger partial charge is 0.416 e. The lowest BCUT2D eigenvalue weighted by Crippen LogP contribution is -2.06. The lowest BCUT2D eigenvalue weighted by molar-refractivity contribution is -0.137. The van der Waals surface area contributed by atoms with Crippen molar-refractivity contribution in [2.75, 3.05) is 0 Å². The summed E-state index contributed by atoms with van der Waals surface area (Å²) < 4.78 is 39.6. The fraction of sp³-hybridized carbons (Fsp3) is 0.417. The van der Waals surface area contributed by atoms with Crippen LogP contribution >= 0.6 is 0 Å². The second-order valence-corrected chi connectivity index (χ2v) is 4.11. The van der Waals surface area contributed by atoms with Crippen LogP contribution in [0.2, 0.25) is 0 Å². The summed E-state index contributed by atoms with van der Waals surface area (Å²) in [5, 5.41) is 0. The Morgan fingerprint density at radius 2 is 2.06 bits per heavy atom. The molecule has 1 unspecified atom stereocenters. The number of imidazole rings is 1. The Morgan fingerprint density at radius 3 is 2.65 bits per heavy atom. The van der Waals surface area contributed by atoms with Crippen LogP contribution in [0.3, 0.4) is 0 Å². The highest BCUT2D eigenvalue weighted by Gasteiger charge is 2.30. The van der Waals surface area contributed by atoms with Gasteiger partial charge in [-0.2, -0.15) is 13.2 Å². The number of benzene rings is 1. The Kier molecular flexibility index (Phi) is 2.85. The van der Waals surface area contributed by atoms with E-state index in [0.29, 0.717) is 11.0 Å². The molecule has 2 nitrogen and oxygen atoms in total. The number of alkyl halides is 3. The van der Waals surface area contributed by atoms with Gasteiger partial charge in [-0.1, -0.05) is 6.92 Å². The van der Waals surface area contributed by atoms with Crippen molar-refractivity contribution in [3.05, 3.63) is 30.1 Å². The van der Waals surface area contributed by atoms with E-state index >= 15 is 0 Å². The van der Waals surface area contributed by atoms with Gasteiger partial charge < -0.3 is 4.57 Å². The standard InChI is InChI=1S/C12H13F3N2/c1-3-8(2)17-7-16-10-5-4-9(6-11(10)17)12(13,14)15/h4-8H,3H2,1-2H3. The van der Waals surface area contributed by atoms with Gasteiger partial charge in [-0.15, -0.1) is 0 Å². The molecule has 1 aromatic carbocycles. The number of hydrogen-bond acceptors (Lipinski definition) is 1. The van der Waals surface area contributed by atoms with Crippen LogP contribution in [0.25, 0.3) is 11.0 Å². The van der Waals surface area contributed by atoms with E-state index in [-0.39, 0.29) is 6.04 Å². The van der Waals surface area contributed by atoms with Crippen molar-refractivity contribution < 1.29 is 13.2 Å². The van der Waals surface area contributed by atoms with Crippen molar-refractivity contribution in [3.63, 3.8) is 0 Å². The molecular weight excluding hydrogens is 229 g/mol. The summed E-state index contributed by atoms with van der Waals surface area (Å²) in [5.41, 5.74) is 0.502. The van der Waals surface area contributed by atoms with E-state index in [4.69, 9.17) is 0 Å². The number of rotatable bonds is 2. The molecule has 0 aliphatic carbocycles. The molecule has 0 aliphatic heterocycles. The lowest BCUT2D eigenvalue weighted by Gasteiger charge is -2.12. The van der Waals surface area contributed by atoms with E-state index in [0.717, 1.165) is 18.6 Å². The molecule has 92 valence electrons. The molecule has 0 bridgehead atoms. The average Bonchev–Trinajstić information content (AvgIpc) is 2.69. The first-order valence-corrected chi connectivity index (χ1v) is 5.47. The van der Waals surface area contributed by atoms with Crippen molar-refractivity contribution >= 4 is 11.0 Å². The number of halogens is 3. The van der Waals surface area contributed by atoms with E-state index in [1.165, 1.54) is 6.07 Å². The van der Waals surface area contributed by atoms with Gasteiger partial charge in [0.15, 0.2) is 0 Å². The van der Waals surface area contributed by atoms with Crippen LogP contribution in [-0.2, 0) is 6.18 Å². The van der Waals surface area contributed by atoms with Gasteiger partial charge in [-0.25, -0.2) is 4.98 Å². The van der Waals surface area contributed by atoms with Crippen LogP contribution in [0.5, 0.6) is 0 Å². The van der Waals surface area contributed by atoms with Crippen LogP contribution in [0.1, 0.15) is 31.9 Å². The molecule has 1 aromatic heterocycles. The Balaban J connectivity index is 2.58. The van der Waals surface area contributed by atoms with Crippen LogP contribution in [-0.4, -0.2) is 9.55 Å². The first kappa shape index (κ1) is 12.0. The predicted molar refractivity (Wildman–Crippen MR) is 59.7 cm³/mol. The minimum Gasteiger partial charge on any atom is -0.328 e. The monoisotopic (exact) mass is 242 g/mol. The molecular formula is C12H13F3N2. The Labute approximate surface area is 97.1 Å². The van der Waals surface area contributed by atoms with Crippen LogP contribution < -0.4 is 0 Å². The van der Waals surface area contributed by atoms with E-state index in [9.17, 15) is 13.2 Å². The van der Waals surface area contributed by atoms with Gasteiger partial charge >= 0.3 is 6.18 Å². The van der Waals surface area contributed by atoms with Gasteiger partial charge in [0, 0.05) is 6.04 Å².